The summed E-state index contributed by atoms with van der Waals surface area (Å²) in [6.07, 6.45) is 3.27. The van der Waals surface area contributed by atoms with E-state index >= 15 is 0 Å². The molecule has 0 bridgehead atoms. The Bertz CT molecular complexity index is 1110. The maximum absolute atomic E-state index is 13.4. The molecule has 3 heterocycles. The van der Waals surface area contributed by atoms with Crippen molar-refractivity contribution in [1.82, 2.24) is 4.90 Å². The molecule has 3 aromatic rings. The second-order valence-corrected chi connectivity index (χ2v) is 9.41. The second kappa shape index (κ2) is 6.04. The number of sulfone groups is 1. The molecule has 0 N–H and O–H groups in total. The Balaban J connectivity index is 1.47. The van der Waals surface area contributed by atoms with Gasteiger partial charge in [-0.3, -0.25) is 4.90 Å². The molecule has 138 valence electrons. The number of halogens is 1. The predicted octanol–water partition coefficient (Wildman–Crippen LogP) is 3.84. The van der Waals surface area contributed by atoms with Crippen molar-refractivity contribution >= 4 is 9.84 Å². The second-order valence-electron chi connectivity index (χ2n) is 7.28. The van der Waals surface area contributed by atoms with Gasteiger partial charge in [-0.25, -0.2) is 12.8 Å². The van der Waals surface area contributed by atoms with Gasteiger partial charge in [0, 0.05) is 31.1 Å². The number of hydrogen-bond acceptors (Lipinski definition) is 4. The lowest BCUT2D eigenvalue weighted by atomic mass is 9.95. The van der Waals surface area contributed by atoms with Gasteiger partial charge < -0.3 is 4.42 Å². The zero-order valence-electron chi connectivity index (χ0n) is 14.5. The van der Waals surface area contributed by atoms with Crippen LogP contribution in [0.2, 0.25) is 0 Å². The molecular formula is C21H18FNO3S. The minimum absolute atomic E-state index is 0.0505. The molecular weight excluding hydrogens is 365 g/mol. The number of likely N-dealkylation sites (tertiary alicyclic amines) is 1. The molecule has 0 aliphatic carbocycles. The minimum atomic E-state index is -3.34. The molecule has 2 atom stereocenters. The van der Waals surface area contributed by atoms with Crippen LogP contribution in [0.1, 0.15) is 17.0 Å². The lowest BCUT2D eigenvalue weighted by molar-refractivity contribution is 0.325. The van der Waals surface area contributed by atoms with Gasteiger partial charge in [-0.05, 0) is 47.0 Å². The van der Waals surface area contributed by atoms with Crippen molar-refractivity contribution < 1.29 is 17.2 Å². The Kier molecular flexibility index (Phi) is 3.74. The highest BCUT2D eigenvalue weighted by atomic mass is 32.2. The molecule has 0 spiro atoms. The standard InChI is InChI=1S/C21H18FNO3S/c22-17-3-1-2-14(8-17)10-23-11-19-18-9-15(16-6-7-26-13-16)4-5-20(18)27(24,25)21(19)12-23/h1-9,13,19,21H,10-12H2/t19-,21+/m0/s1. The molecule has 2 aliphatic rings. The molecule has 2 aromatic carbocycles. The zero-order valence-corrected chi connectivity index (χ0v) is 15.3. The summed E-state index contributed by atoms with van der Waals surface area (Å²) in [6, 6.07) is 13.9. The Hall–Kier alpha value is -2.44. The first kappa shape index (κ1) is 16.7. The van der Waals surface area contributed by atoms with Gasteiger partial charge in [-0.15, -0.1) is 0 Å². The van der Waals surface area contributed by atoms with Crippen LogP contribution in [0.15, 0.2) is 70.4 Å². The van der Waals surface area contributed by atoms with Crippen LogP contribution in [0.4, 0.5) is 4.39 Å². The normalized spacial score (nSPS) is 23.3. The van der Waals surface area contributed by atoms with Crippen molar-refractivity contribution in [2.24, 2.45) is 0 Å². The van der Waals surface area contributed by atoms with Crippen molar-refractivity contribution in [2.45, 2.75) is 22.6 Å². The molecule has 1 aromatic heterocycles. The van der Waals surface area contributed by atoms with E-state index in [1.165, 1.54) is 12.1 Å². The molecule has 0 saturated carbocycles. The van der Waals surface area contributed by atoms with Crippen LogP contribution in [-0.4, -0.2) is 31.7 Å². The van der Waals surface area contributed by atoms with E-state index in [1.54, 1.807) is 24.7 Å². The topological polar surface area (TPSA) is 50.5 Å². The van der Waals surface area contributed by atoms with Crippen molar-refractivity contribution in [3.63, 3.8) is 0 Å². The third-order valence-corrected chi connectivity index (χ3v) is 7.87. The summed E-state index contributed by atoms with van der Waals surface area (Å²) in [5.41, 5.74) is 3.65. The first-order chi connectivity index (χ1) is 13.0. The van der Waals surface area contributed by atoms with E-state index in [-0.39, 0.29) is 11.7 Å². The summed E-state index contributed by atoms with van der Waals surface area (Å²) in [4.78, 5) is 2.56. The van der Waals surface area contributed by atoms with E-state index in [4.69, 9.17) is 4.42 Å². The van der Waals surface area contributed by atoms with Crippen LogP contribution in [0.25, 0.3) is 11.1 Å². The highest BCUT2D eigenvalue weighted by Gasteiger charge is 2.50. The number of benzene rings is 2. The fourth-order valence-corrected chi connectivity index (χ4v) is 6.55. The summed E-state index contributed by atoms with van der Waals surface area (Å²) >= 11 is 0. The van der Waals surface area contributed by atoms with E-state index in [9.17, 15) is 12.8 Å². The number of fused-ring (bicyclic) bond motifs is 3. The fourth-order valence-electron chi connectivity index (χ4n) is 4.36. The Morgan fingerprint density at radius 3 is 2.74 bits per heavy atom. The van der Waals surface area contributed by atoms with Crippen LogP contribution in [0.5, 0.6) is 0 Å². The number of hydrogen-bond donors (Lipinski definition) is 0. The molecule has 0 radical (unpaired) electrons. The summed E-state index contributed by atoms with van der Waals surface area (Å²) in [5.74, 6) is -0.319. The zero-order chi connectivity index (χ0) is 18.6. The minimum Gasteiger partial charge on any atom is -0.472 e. The monoisotopic (exact) mass is 383 g/mol. The first-order valence-electron chi connectivity index (χ1n) is 8.89. The Labute approximate surface area is 157 Å². The third kappa shape index (κ3) is 2.71. The van der Waals surface area contributed by atoms with Crippen LogP contribution in [0.3, 0.4) is 0 Å². The lowest BCUT2D eigenvalue weighted by Crippen LogP contribution is -2.25. The van der Waals surface area contributed by atoms with Gasteiger partial charge in [0.2, 0.25) is 0 Å². The maximum atomic E-state index is 13.4. The van der Waals surface area contributed by atoms with Gasteiger partial charge in [-0.2, -0.15) is 0 Å². The molecule has 6 heteroatoms. The molecule has 4 nitrogen and oxygen atoms in total. The molecule has 2 aliphatic heterocycles. The molecule has 1 fully saturated rings. The maximum Gasteiger partial charge on any atom is 0.183 e. The van der Waals surface area contributed by atoms with Crippen LogP contribution < -0.4 is 0 Å². The summed E-state index contributed by atoms with van der Waals surface area (Å²) in [6.45, 7) is 1.68. The average Bonchev–Trinajstić information content (AvgIpc) is 3.34. The SMILES string of the molecule is O=S1(=O)c2ccc(-c3ccoc3)cc2[C@@H]2CN(Cc3cccc(F)c3)C[C@H]21. The van der Waals surface area contributed by atoms with E-state index in [1.807, 2.05) is 24.3 Å². The van der Waals surface area contributed by atoms with Gasteiger partial charge in [0.1, 0.15) is 5.82 Å². The molecule has 1 saturated heterocycles. The van der Waals surface area contributed by atoms with Crippen LogP contribution in [0, 0.1) is 5.82 Å². The van der Waals surface area contributed by atoms with Gasteiger partial charge >= 0.3 is 0 Å². The number of furan rings is 1. The molecule has 0 amide bonds. The summed E-state index contributed by atoms with van der Waals surface area (Å²) in [5, 5.41) is -0.430. The van der Waals surface area contributed by atoms with E-state index < -0.39 is 15.1 Å². The summed E-state index contributed by atoms with van der Waals surface area (Å²) < 4.78 is 44.6. The lowest BCUT2D eigenvalue weighted by Gasteiger charge is -2.17. The largest absolute Gasteiger partial charge is 0.472 e. The smallest absolute Gasteiger partial charge is 0.183 e. The van der Waals surface area contributed by atoms with E-state index in [0.717, 1.165) is 22.3 Å². The third-order valence-electron chi connectivity index (χ3n) is 5.61. The van der Waals surface area contributed by atoms with Gasteiger partial charge in [0.25, 0.3) is 0 Å². The molecule has 0 unspecified atom stereocenters. The quantitative estimate of drug-likeness (QED) is 0.690. The fraction of sp³-hybridized carbons (Fsp3) is 0.238. The van der Waals surface area contributed by atoms with Gasteiger partial charge in [0.15, 0.2) is 9.84 Å². The average molecular weight is 383 g/mol. The Morgan fingerprint density at radius 2 is 1.96 bits per heavy atom. The van der Waals surface area contributed by atoms with E-state index in [2.05, 4.69) is 4.90 Å². The number of nitrogens with zero attached hydrogens (tertiary/aromatic N) is 1. The van der Waals surface area contributed by atoms with Crippen molar-refractivity contribution in [2.75, 3.05) is 13.1 Å². The summed E-state index contributed by atoms with van der Waals surface area (Å²) in [7, 11) is -3.34. The highest BCUT2D eigenvalue weighted by molar-refractivity contribution is 7.92. The van der Waals surface area contributed by atoms with Crippen molar-refractivity contribution in [3.8, 4) is 11.1 Å². The van der Waals surface area contributed by atoms with Crippen molar-refractivity contribution in [1.29, 1.82) is 0 Å². The predicted molar refractivity (Wildman–Crippen MR) is 99.5 cm³/mol. The molecule has 5 rings (SSSR count). The van der Waals surface area contributed by atoms with Crippen LogP contribution in [-0.2, 0) is 16.4 Å². The first-order valence-corrected chi connectivity index (χ1v) is 10.4. The van der Waals surface area contributed by atoms with E-state index in [0.29, 0.717) is 24.5 Å². The number of rotatable bonds is 3. The van der Waals surface area contributed by atoms with Gasteiger partial charge in [-0.1, -0.05) is 18.2 Å². The van der Waals surface area contributed by atoms with Crippen LogP contribution >= 0.6 is 0 Å². The Morgan fingerprint density at radius 1 is 1.07 bits per heavy atom. The van der Waals surface area contributed by atoms with Gasteiger partial charge in [0.05, 0.1) is 22.7 Å². The highest BCUT2D eigenvalue weighted by Crippen LogP contribution is 2.46. The molecule has 27 heavy (non-hydrogen) atoms. The van der Waals surface area contributed by atoms with Crippen molar-refractivity contribution in [3.05, 3.63) is 78.0 Å².